The Balaban J connectivity index is 1.59. The molecular weight excluding hydrogens is 421 g/mol. The Hall–Kier alpha value is -2.81. The van der Waals surface area contributed by atoms with Gasteiger partial charge in [-0.15, -0.1) is 0 Å². The van der Waals surface area contributed by atoms with Gasteiger partial charge in [-0.05, 0) is 64.0 Å². The number of benzene rings is 1. The van der Waals surface area contributed by atoms with Crippen LogP contribution in [-0.2, 0) is 0 Å². The van der Waals surface area contributed by atoms with E-state index in [2.05, 4.69) is 37.4 Å². The highest BCUT2D eigenvalue weighted by Crippen LogP contribution is 2.25. The molecule has 0 radical (unpaired) electrons. The number of carbonyl (C=O) groups excluding carboxylic acids is 1. The van der Waals surface area contributed by atoms with Gasteiger partial charge in [-0.1, -0.05) is 25.7 Å². The van der Waals surface area contributed by atoms with Gasteiger partial charge >= 0.3 is 0 Å². The van der Waals surface area contributed by atoms with Gasteiger partial charge in [0.15, 0.2) is 6.29 Å². The van der Waals surface area contributed by atoms with E-state index in [1.165, 1.54) is 37.8 Å². The monoisotopic (exact) mass is 455 g/mol. The Labute approximate surface area is 195 Å². The topological polar surface area (TPSA) is 86.3 Å². The molecule has 1 saturated carbocycles. The molecule has 2 aromatic rings. The van der Waals surface area contributed by atoms with Crippen molar-refractivity contribution >= 4 is 29.8 Å². The van der Waals surface area contributed by atoms with Crippen molar-refractivity contribution < 1.29 is 9.18 Å². The van der Waals surface area contributed by atoms with Crippen molar-refractivity contribution in [3.05, 3.63) is 29.6 Å². The third-order valence-corrected chi connectivity index (χ3v) is 6.75. The molecule has 2 N–H and O–H groups in total. The van der Waals surface area contributed by atoms with Crippen molar-refractivity contribution in [1.29, 1.82) is 0 Å². The molecule has 0 spiro atoms. The predicted molar refractivity (Wildman–Crippen MR) is 129 cm³/mol. The van der Waals surface area contributed by atoms with Gasteiger partial charge in [-0.2, -0.15) is 15.0 Å². The molecular formula is C24H34FN7O. The predicted octanol–water partition coefficient (Wildman–Crippen LogP) is 4.23. The first-order valence-corrected chi connectivity index (χ1v) is 12.0. The Kier molecular flexibility index (Phi) is 7.69. The number of hydrogen-bond donors (Lipinski definition) is 2. The standard InChI is InChI=1S/C24H34FN7O/c1-31-13-11-20(12-14-31)32(2)24-29-22(26-18-7-5-3-4-6-8-18)28-23(30-24)27-19-10-9-17(16-33)21(25)15-19/h9-10,15-16,18,20H,3-8,11-14H2,1-2H3,(H2,26,27,28,29,30). The van der Waals surface area contributed by atoms with E-state index < -0.39 is 5.82 Å². The lowest BCUT2D eigenvalue weighted by molar-refractivity contribution is 0.112. The minimum absolute atomic E-state index is 0.0228. The number of halogens is 1. The van der Waals surface area contributed by atoms with E-state index in [1.807, 2.05) is 7.05 Å². The van der Waals surface area contributed by atoms with Crippen molar-refractivity contribution in [3.8, 4) is 0 Å². The van der Waals surface area contributed by atoms with Gasteiger partial charge in [0.1, 0.15) is 5.82 Å². The lowest BCUT2D eigenvalue weighted by Crippen LogP contribution is -2.42. The smallest absolute Gasteiger partial charge is 0.233 e. The van der Waals surface area contributed by atoms with Gasteiger partial charge in [0, 0.05) is 24.8 Å². The van der Waals surface area contributed by atoms with Gasteiger partial charge in [-0.3, -0.25) is 4.79 Å². The maximum atomic E-state index is 14.1. The van der Waals surface area contributed by atoms with Gasteiger partial charge in [0.05, 0.1) is 5.56 Å². The van der Waals surface area contributed by atoms with Gasteiger partial charge < -0.3 is 20.4 Å². The van der Waals surface area contributed by atoms with Gasteiger partial charge in [0.25, 0.3) is 0 Å². The van der Waals surface area contributed by atoms with Crippen molar-refractivity contribution in [1.82, 2.24) is 19.9 Å². The largest absolute Gasteiger partial charge is 0.351 e. The highest BCUT2D eigenvalue weighted by molar-refractivity contribution is 5.76. The highest BCUT2D eigenvalue weighted by atomic mass is 19.1. The molecule has 1 aliphatic carbocycles. The number of anilines is 4. The molecule has 1 aliphatic heterocycles. The summed E-state index contributed by atoms with van der Waals surface area (Å²) < 4.78 is 14.1. The zero-order valence-electron chi connectivity index (χ0n) is 19.6. The lowest BCUT2D eigenvalue weighted by atomic mass is 10.0. The van der Waals surface area contributed by atoms with E-state index in [1.54, 1.807) is 6.07 Å². The van der Waals surface area contributed by atoms with Gasteiger partial charge in [-0.25, -0.2) is 4.39 Å². The second-order valence-electron chi connectivity index (χ2n) is 9.24. The van der Waals surface area contributed by atoms with Crippen LogP contribution in [0.2, 0.25) is 0 Å². The summed E-state index contributed by atoms with van der Waals surface area (Å²) >= 11 is 0. The zero-order chi connectivity index (χ0) is 23.2. The van der Waals surface area contributed by atoms with Crippen molar-refractivity contribution in [2.75, 3.05) is 42.7 Å². The maximum absolute atomic E-state index is 14.1. The number of nitrogens with zero attached hydrogens (tertiary/aromatic N) is 5. The number of aldehydes is 1. The van der Waals surface area contributed by atoms with Crippen molar-refractivity contribution in [2.24, 2.45) is 0 Å². The molecule has 2 heterocycles. The number of nitrogens with one attached hydrogen (secondary N) is 2. The van der Waals surface area contributed by atoms with Crippen LogP contribution >= 0.6 is 0 Å². The van der Waals surface area contributed by atoms with Crippen LogP contribution in [0, 0.1) is 5.82 Å². The summed E-state index contributed by atoms with van der Waals surface area (Å²) in [6.07, 6.45) is 9.77. The number of aromatic nitrogens is 3. The van der Waals surface area contributed by atoms with E-state index in [9.17, 15) is 9.18 Å². The van der Waals surface area contributed by atoms with E-state index >= 15 is 0 Å². The molecule has 33 heavy (non-hydrogen) atoms. The van der Waals surface area contributed by atoms with E-state index in [0.29, 0.717) is 41.9 Å². The average molecular weight is 456 g/mol. The number of likely N-dealkylation sites (tertiary alicyclic amines) is 1. The summed E-state index contributed by atoms with van der Waals surface area (Å²) in [7, 11) is 4.17. The molecule has 0 amide bonds. The first-order valence-electron chi connectivity index (χ1n) is 12.0. The molecule has 4 rings (SSSR count). The molecule has 1 aromatic carbocycles. The Morgan fingerprint density at radius 3 is 2.39 bits per heavy atom. The molecule has 9 heteroatoms. The van der Waals surface area contributed by atoms with Crippen LogP contribution in [0.1, 0.15) is 61.7 Å². The summed E-state index contributed by atoms with van der Waals surface area (Å²) in [4.78, 5) is 29.4. The fourth-order valence-corrected chi connectivity index (χ4v) is 4.62. The van der Waals surface area contributed by atoms with Crippen LogP contribution < -0.4 is 15.5 Å². The third kappa shape index (κ3) is 6.16. The minimum atomic E-state index is -0.579. The van der Waals surface area contributed by atoms with Crippen LogP contribution in [0.3, 0.4) is 0 Å². The van der Waals surface area contributed by atoms with E-state index in [4.69, 9.17) is 4.98 Å². The first-order chi connectivity index (χ1) is 16.0. The molecule has 0 atom stereocenters. The summed E-state index contributed by atoms with van der Waals surface area (Å²) in [6.45, 7) is 2.08. The molecule has 2 fully saturated rings. The number of rotatable bonds is 7. The number of piperidine rings is 1. The summed E-state index contributed by atoms with van der Waals surface area (Å²) in [6, 6.07) is 5.07. The Bertz CT molecular complexity index is 940. The quantitative estimate of drug-likeness (QED) is 0.474. The minimum Gasteiger partial charge on any atom is -0.351 e. The average Bonchev–Trinajstić information content (AvgIpc) is 3.08. The molecule has 178 valence electrons. The van der Waals surface area contributed by atoms with Crippen molar-refractivity contribution in [3.63, 3.8) is 0 Å². The number of hydrogen-bond acceptors (Lipinski definition) is 8. The molecule has 0 bridgehead atoms. The van der Waals surface area contributed by atoms with Crippen LogP contribution in [0.15, 0.2) is 18.2 Å². The van der Waals surface area contributed by atoms with Gasteiger partial charge in [0.2, 0.25) is 17.8 Å². The molecule has 1 aromatic heterocycles. The fourth-order valence-electron chi connectivity index (χ4n) is 4.62. The normalized spacial score (nSPS) is 18.5. The molecule has 2 aliphatic rings. The summed E-state index contributed by atoms with van der Waals surface area (Å²) in [5, 5.41) is 6.62. The first kappa shape index (κ1) is 23.4. The summed E-state index contributed by atoms with van der Waals surface area (Å²) in [5.41, 5.74) is 0.507. The second-order valence-corrected chi connectivity index (χ2v) is 9.24. The summed E-state index contributed by atoms with van der Waals surface area (Å²) in [5.74, 6) is 0.918. The second kappa shape index (κ2) is 10.9. The Morgan fingerprint density at radius 2 is 1.73 bits per heavy atom. The lowest BCUT2D eigenvalue weighted by Gasteiger charge is -2.35. The third-order valence-electron chi connectivity index (χ3n) is 6.75. The Morgan fingerprint density at radius 1 is 1.03 bits per heavy atom. The number of carbonyl (C=O) groups is 1. The molecule has 1 saturated heterocycles. The fraction of sp³-hybridized carbons (Fsp3) is 0.583. The van der Waals surface area contributed by atoms with Crippen LogP contribution in [-0.4, -0.2) is 65.4 Å². The van der Waals surface area contributed by atoms with E-state index in [-0.39, 0.29) is 5.56 Å². The highest BCUT2D eigenvalue weighted by Gasteiger charge is 2.24. The molecule has 8 nitrogen and oxygen atoms in total. The maximum Gasteiger partial charge on any atom is 0.233 e. The SMILES string of the molecule is CN1CCC(N(C)c2nc(Nc3ccc(C=O)c(F)c3)nc(NC3CCCCCC3)n2)CC1. The zero-order valence-corrected chi connectivity index (χ0v) is 19.6. The van der Waals surface area contributed by atoms with Crippen LogP contribution in [0.4, 0.5) is 27.9 Å². The van der Waals surface area contributed by atoms with Crippen LogP contribution in [0.5, 0.6) is 0 Å². The van der Waals surface area contributed by atoms with E-state index in [0.717, 1.165) is 38.8 Å². The van der Waals surface area contributed by atoms with Crippen LogP contribution in [0.25, 0.3) is 0 Å². The van der Waals surface area contributed by atoms with Crippen molar-refractivity contribution in [2.45, 2.75) is 63.5 Å². The molecule has 0 unspecified atom stereocenters.